The van der Waals surface area contributed by atoms with Crippen LogP contribution in [0.25, 0.3) is 0 Å². The maximum absolute atomic E-state index is 13.8. The van der Waals surface area contributed by atoms with Gasteiger partial charge in [0.25, 0.3) is 0 Å². The van der Waals surface area contributed by atoms with E-state index in [1.54, 1.807) is 24.1 Å². The van der Waals surface area contributed by atoms with E-state index in [-0.39, 0.29) is 24.4 Å². The Labute approximate surface area is 159 Å². The summed E-state index contributed by atoms with van der Waals surface area (Å²) in [6, 6.07) is 13.2. The molecule has 2 aromatic rings. The molecule has 1 N–H and O–H groups in total. The van der Waals surface area contributed by atoms with Crippen molar-refractivity contribution in [2.75, 3.05) is 27.7 Å². The first kappa shape index (κ1) is 19.2. The Morgan fingerprint density at radius 2 is 2.04 bits per heavy atom. The highest BCUT2D eigenvalue weighted by molar-refractivity contribution is 5.73. The number of urea groups is 1. The van der Waals surface area contributed by atoms with Crippen molar-refractivity contribution in [1.29, 1.82) is 0 Å². The third-order valence-corrected chi connectivity index (χ3v) is 5.11. The summed E-state index contributed by atoms with van der Waals surface area (Å²) in [6.07, 6.45) is 0.925. The number of fused-ring (bicyclic) bond motifs is 1. The van der Waals surface area contributed by atoms with E-state index in [9.17, 15) is 9.18 Å². The number of methoxy groups -OCH3 is 1. The highest BCUT2D eigenvalue weighted by Crippen LogP contribution is 2.22. The first-order valence-electron chi connectivity index (χ1n) is 9.06. The predicted octanol–water partition coefficient (Wildman–Crippen LogP) is 3.03. The number of nitrogens with one attached hydrogen (secondary N) is 1. The Bertz CT molecular complexity index is 812. The molecule has 0 fully saturated rings. The fourth-order valence-electron chi connectivity index (χ4n) is 3.45. The quantitative estimate of drug-likeness (QED) is 0.879. The molecule has 0 aliphatic carbocycles. The molecule has 1 aliphatic rings. The molecule has 3 rings (SSSR count). The van der Waals surface area contributed by atoms with Gasteiger partial charge in [-0.3, -0.25) is 4.90 Å². The van der Waals surface area contributed by atoms with Gasteiger partial charge in [-0.2, -0.15) is 0 Å². The van der Waals surface area contributed by atoms with E-state index in [4.69, 9.17) is 4.74 Å². The van der Waals surface area contributed by atoms with E-state index in [1.807, 2.05) is 0 Å². The highest BCUT2D eigenvalue weighted by atomic mass is 19.1. The lowest BCUT2D eigenvalue weighted by Crippen LogP contribution is -2.48. The molecule has 144 valence electrons. The molecule has 0 spiro atoms. The molecule has 6 heteroatoms. The summed E-state index contributed by atoms with van der Waals surface area (Å²) in [5, 5.41) is 2.85. The van der Waals surface area contributed by atoms with Crippen LogP contribution in [-0.2, 0) is 19.5 Å². The number of amides is 2. The molecule has 0 radical (unpaired) electrons. The van der Waals surface area contributed by atoms with Crippen molar-refractivity contribution in [3.63, 3.8) is 0 Å². The first-order valence-corrected chi connectivity index (χ1v) is 9.06. The molecule has 0 saturated heterocycles. The summed E-state index contributed by atoms with van der Waals surface area (Å²) in [5.41, 5.74) is 3.40. The van der Waals surface area contributed by atoms with Gasteiger partial charge in [0.2, 0.25) is 0 Å². The second kappa shape index (κ2) is 8.39. The average molecular weight is 371 g/mol. The highest BCUT2D eigenvalue weighted by Gasteiger charge is 2.25. The van der Waals surface area contributed by atoms with Gasteiger partial charge in [0.1, 0.15) is 0 Å². The number of rotatable bonds is 5. The Morgan fingerprint density at radius 3 is 2.74 bits per heavy atom. The van der Waals surface area contributed by atoms with Crippen LogP contribution < -0.4 is 10.1 Å². The summed E-state index contributed by atoms with van der Waals surface area (Å²) in [5.74, 6) is -0.233. The molecule has 2 amide bonds. The number of benzene rings is 2. The van der Waals surface area contributed by atoms with Crippen LogP contribution in [0.5, 0.6) is 5.75 Å². The van der Waals surface area contributed by atoms with E-state index >= 15 is 0 Å². The molecule has 5 nitrogen and oxygen atoms in total. The van der Waals surface area contributed by atoms with Crippen LogP contribution in [0.2, 0.25) is 0 Å². The zero-order valence-electron chi connectivity index (χ0n) is 16.0. The van der Waals surface area contributed by atoms with Crippen LogP contribution in [0.15, 0.2) is 42.5 Å². The van der Waals surface area contributed by atoms with Gasteiger partial charge in [-0.25, -0.2) is 9.18 Å². The zero-order valence-corrected chi connectivity index (χ0v) is 16.0. The number of carbonyl (C=O) groups is 1. The van der Waals surface area contributed by atoms with Gasteiger partial charge in [0.05, 0.1) is 7.11 Å². The molecule has 0 unspecified atom stereocenters. The van der Waals surface area contributed by atoms with Gasteiger partial charge in [-0.15, -0.1) is 0 Å². The van der Waals surface area contributed by atoms with Gasteiger partial charge >= 0.3 is 6.03 Å². The van der Waals surface area contributed by atoms with Crippen molar-refractivity contribution in [1.82, 2.24) is 15.1 Å². The number of ether oxygens (including phenoxy) is 1. The summed E-state index contributed by atoms with van der Waals surface area (Å²) in [4.78, 5) is 16.4. The predicted molar refractivity (Wildman–Crippen MR) is 103 cm³/mol. The van der Waals surface area contributed by atoms with Crippen molar-refractivity contribution in [3.05, 3.63) is 65.0 Å². The lowest BCUT2D eigenvalue weighted by atomic mass is 9.94. The minimum atomic E-state index is -0.430. The molecule has 1 aliphatic heterocycles. The summed E-state index contributed by atoms with van der Waals surface area (Å²) in [6.45, 7) is 1.79. The smallest absolute Gasteiger partial charge is 0.317 e. The standard InChI is InChI=1S/C21H26FN3O2/c1-24-13-17-7-5-4-6-16(17)11-18(24)14-25(2)21(26)23-12-15-8-9-20(27-3)19(22)10-15/h4-10,18H,11-14H2,1-3H3,(H,23,26)/t18-/m0/s1. The van der Waals surface area contributed by atoms with Crippen molar-refractivity contribution in [2.45, 2.75) is 25.6 Å². The van der Waals surface area contributed by atoms with Crippen LogP contribution in [0.4, 0.5) is 9.18 Å². The summed E-state index contributed by atoms with van der Waals surface area (Å²) < 4.78 is 18.7. The maximum Gasteiger partial charge on any atom is 0.317 e. The third kappa shape index (κ3) is 4.57. The van der Waals surface area contributed by atoms with Gasteiger partial charge in [-0.1, -0.05) is 30.3 Å². The fourth-order valence-corrected chi connectivity index (χ4v) is 3.45. The number of hydrogen-bond donors (Lipinski definition) is 1. The lowest BCUT2D eigenvalue weighted by Gasteiger charge is -2.36. The minimum absolute atomic E-state index is 0.168. The normalized spacial score (nSPS) is 16.5. The third-order valence-electron chi connectivity index (χ3n) is 5.11. The van der Waals surface area contributed by atoms with E-state index in [0.29, 0.717) is 12.1 Å². The molecule has 0 aromatic heterocycles. The number of nitrogens with zero attached hydrogens (tertiary/aromatic N) is 2. The Morgan fingerprint density at radius 1 is 1.30 bits per heavy atom. The molecule has 1 heterocycles. The van der Waals surface area contributed by atoms with Gasteiger partial charge in [0, 0.05) is 32.7 Å². The Balaban J connectivity index is 1.54. The Hall–Kier alpha value is -2.60. The summed E-state index contributed by atoms with van der Waals surface area (Å²) >= 11 is 0. The van der Waals surface area contributed by atoms with Crippen molar-refractivity contribution < 1.29 is 13.9 Å². The van der Waals surface area contributed by atoms with Crippen molar-refractivity contribution in [2.24, 2.45) is 0 Å². The van der Waals surface area contributed by atoms with Gasteiger partial charge in [-0.05, 0) is 42.3 Å². The number of halogens is 1. The number of hydrogen-bond acceptors (Lipinski definition) is 3. The number of carbonyl (C=O) groups excluding carboxylic acids is 1. The fraction of sp³-hybridized carbons (Fsp3) is 0.381. The zero-order chi connectivity index (χ0) is 19.4. The van der Waals surface area contributed by atoms with Crippen LogP contribution in [0, 0.1) is 5.82 Å². The second-order valence-electron chi connectivity index (χ2n) is 7.05. The lowest BCUT2D eigenvalue weighted by molar-refractivity contribution is 0.159. The monoisotopic (exact) mass is 371 g/mol. The molecule has 0 saturated carbocycles. The van der Waals surface area contributed by atoms with E-state index in [0.717, 1.165) is 13.0 Å². The van der Waals surface area contributed by atoms with Crippen LogP contribution in [0.1, 0.15) is 16.7 Å². The van der Waals surface area contributed by atoms with Crippen molar-refractivity contribution in [3.8, 4) is 5.75 Å². The van der Waals surface area contributed by atoms with Crippen LogP contribution >= 0.6 is 0 Å². The molecule has 2 aromatic carbocycles. The topological polar surface area (TPSA) is 44.8 Å². The van der Waals surface area contributed by atoms with Crippen LogP contribution in [0.3, 0.4) is 0 Å². The number of likely N-dealkylation sites (N-methyl/N-ethyl adjacent to an activating group) is 2. The molecular formula is C21H26FN3O2. The van der Waals surface area contributed by atoms with E-state index < -0.39 is 5.82 Å². The minimum Gasteiger partial charge on any atom is -0.494 e. The second-order valence-corrected chi connectivity index (χ2v) is 7.05. The molecule has 0 bridgehead atoms. The average Bonchev–Trinajstić information content (AvgIpc) is 2.66. The molecule has 27 heavy (non-hydrogen) atoms. The van der Waals surface area contributed by atoms with E-state index in [2.05, 4.69) is 41.5 Å². The van der Waals surface area contributed by atoms with Crippen molar-refractivity contribution >= 4 is 6.03 Å². The first-order chi connectivity index (χ1) is 13.0. The SMILES string of the molecule is COc1ccc(CNC(=O)N(C)C[C@@H]2Cc3ccccc3CN2C)cc1F. The maximum atomic E-state index is 13.8. The van der Waals surface area contributed by atoms with Crippen LogP contribution in [-0.4, -0.2) is 49.6 Å². The summed E-state index contributed by atoms with van der Waals surface area (Å²) in [7, 11) is 5.31. The van der Waals surface area contributed by atoms with Gasteiger partial charge in [0.15, 0.2) is 11.6 Å². The van der Waals surface area contributed by atoms with E-state index in [1.165, 1.54) is 24.3 Å². The Kier molecular flexibility index (Phi) is 5.96. The largest absolute Gasteiger partial charge is 0.494 e. The molecular weight excluding hydrogens is 345 g/mol. The molecule has 1 atom stereocenters. The van der Waals surface area contributed by atoms with Gasteiger partial charge < -0.3 is 15.0 Å².